The summed E-state index contributed by atoms with van der Waals surface area (Å²) in [5.41, 5.74) is 2.19. The maximum absolute atomic E-state index is 12.2. The Morgan fingerprint density at radius 3 is 2.56 bits per heavy atom. The summed E-state index contributed by atoms with van der Waals surface area (Å²) in [5.74, 6) is 1.81. The summed E-state index contributed by atoms with van der Waals surface area (Å²) in [4.78, 5) is 14.6. The molecule has 1 amide bonds. The molecule has 0 bridgehead atoms. The summed E-state index contributed by atoms with van der Waals surface area (Å²) in [5, 5.41) is 2.91. The molecule has 1 fully saturated rings. The lowest BCUT2D eigenvalue weighted by Gasteiger charge is -2.31. The average molecular weight is 441 g/mol. The summed E-state index contributed by atoms with van der Waals surface area (Å²) in [6.07, 6.45) is 2.16. The fourth-order valence-electron chi connectivity index (χ4n) is 3.73. The van der Waals surface area contributed by atoms with Gasteiger partial charge in [-0.1, -0.05) is 38.1 Å². The maximum Gasteiger partial charge on any atom is 0.258 e. The number of rotatable bonds is 11. The van der Waals surface area contributed by atoms with Crippen LogP contribution in [0.15, 0.2) is 48.5 Å². The first-order chi connectivity index (χ1) is 15.5. The minimum Gasteiger partial charge on any atom is -0.492 e. The third-order valence-corrected chi connectivity index (χ3v) is 5.81. The predicted molar refractivity (Wildman–Crippen MR) is 126 cm³/mol. The fourth-order valence-corrected chi connectivity index (χ4v) is 3.73. The molecule has 6 heteroatoms. The molecule has 0 radical (unpaired) electrons. The van der Waals surface area contributed by atoms with E-state index in [-0.39, 0.29) is 12.5 Å². The van der Waals surface area contributed by atoms with Gasteiger partial charge in [-0.25, -0.2) is 0 Å². The van der Waals surface area contributed by atoms with Gasteiger partial charge in [0, 0.05) is 32.3 Å². The van der Waals surface area contributed by atoms with Gasteiger partial charge >= 0.3 is 0 Å². The number of amides is 1. The van der Waals surface area contributed by atoms with Crippen molar-refractivity contribution in [2.24, 2.45) is 0 Å². The van der Waals surface area contributed by atoms with Crippen LogP contribution in [0.2, 0.25) is 0 Å². The predicted octanol–water partition coefficient (Wildman–Crippen LogP) is 3.99. The van der Waals surface area contributed by atoms with E-state index in [1.165, 1.54) is 5.56 Å². The minimum absolute atomic E-state index is 0.00369. The van der Waals surface area contributed by atoms with Crippen LogP contribution in [0.4, 0.5) is 0 Å². The van der Waals surface area contributed by atoms with Crippen molar-refractivity contribution < 1.29 is 19.0 Å². The molecule has 1 N–H and O–H groups in total. The Morgan fingerprint density at radius 2 is 1.81 bits per heavy atom. The highest BCUT2D eigenvalue weighted by atomic mass is 16.5. The molecule has 3 rings (SSSR count). The van der Waals surface area contributed by atoms with Crippen LogP contribution in [0.5, 0.6) is 11.5 Å². The monoisotopic (exact) mass is 440 g/mol. The van der Waals surface area contributed by atoms with E-state index in [4.69, 9.17) is 14.2 Å². The van der Waals surface area contributed by atoms with Crippen molar-refractivity contribution in [2.75, 3.05) is 40.0 Å². The van der Waals surface area contributed by atoms with E-state index >= 15 is 0 Å². The van der Waals surface area contributed by atoms with Gasteiger partial charge in [0.2, 0.25) is 0 Å². The molecule has 0 aromatic heterocycles. The third-order valence-electron chi connectivity index (χ3n) is 5.81. The van der Waals surface area contributed by atoms with Crippen LogP contribution in [-0.4, -0.2) is 56.9 Å². The van der Waals surface area contributed by atoms with Crippen LogP contribution in [0.3, 0.4) is 0 Å². The lowest BCUT2D eigenvalue weighted by atomic mass is 10.0. The first kappa shape index (κ1) is 24.1. The molecule has 1 saturated heterocycles. The maximum atomic E-state index is 12.2. The third kappa shape index (κ3) is 7.84. The van der Waals surface area contributed by atoms with Crippen molar-refractivity contribution in [3.63, 3.8) is 0 Å². The molecule has 1 aliphatic heterocycles. The minimum atomic E-state index is -0.149. The Morgan fingerprint density at radius 1 is 1.09 bits per heavy atom. The standard InChI is InChI=1S/C26H36N2O4/c1-20(2)22-7-5-9-25(17-22)32-19-26(29)27-18-21-6-4-8-24(16-21)31-15-12-28(3)23-10-13-30-14-11-23/h4-9,16-17,20,23H,10-15,18-19H2,1-3H3,(H,27,29). The molecule has 32 heavy (non-hydrogen) atoms. The lowest BCUT2D eigenvalue weighted by Crippen LogP contribution is -2.38. The van der Waals surface area contributed by atoms with Gasteiger partial charge in [0.15, 0.2) is 6.61 Å². The van der Waals surface area contributed by atoms with E-state index in [0.717, 1.165) is 43.9 Å². The molecule has 0 saturated carbocycles. The van der Waals surface area contributed by atoms with Crippen LogP contribution in [0.1, 0.15) is 43.7 Å². The van der Waals surface area contributed by atoms with Gasteiger partial charge in [0.05, 0.1) is 0 Å². The fraction of sp³-hybridized carbons (Fsp3) is 0.500. The largest absolute Gasteiger partial charge is 0.492 e. The van der Waals surface area contributed by atoms with Crippen molar-refractivity contribution in [2.45, 2.75) is 45.2 Å². The van der Waals surface area contributed by atoms with E-state index < -0.39 is 0 Å². The molecule has 174 valence electrons. The van der Waals surface area contributed by atoms with E-state index in [0.29, 0.717) is 30.9 Å². The molecule has 0 aliphatic carbocycles. The molecule has 0 unspecified atom stereocenters. The van der Waals surface area contributed by atoms with Crippen LogP contribution in [-0.2, 0) is 16.1 Å². The number of ether oxygens (including phenoxy) is 3. The van der Waals surface area contributed by atoms with Gasteiger partial charge in [-0.3, -0.25) is 9.69 Å². The first-order valence-corrected chi connectivity index (χ1v) is 11.5. The quantitative estimate of drug-likeness (QED) is 0.572. The second-order valence-corrected chi connectivity index (χ2v) is 8.61. The van der Waals surface area contributed by atoms with Crippen molar-refractivity contribution in [1.29, 1.82) is 0 Å². The van der Waals surface area contributed by atoms with Crippen molar-refractivity contribution in [1.82, 2.24) is 10.2 Å². The number of hydrogen-bond donors (Lipinski definition) is 1. The topological polar surface area (TPSA) is 60.0 Å². The van der Waals surface area contributed by atoms with Crippen LogP contribution in [0, 0.1) is 0 Å². The number of nitrogens with zero attached hydrogens (tertiary/aromatic N) is 1. The summed E-state index contributed by atoms with van der Waals surface area (Å²) in [6.45, 7) is 7.90. The molecule has 2 aromatic carbocycles. The number of likely N-dealkylation sites (N-methyl/N-ethyl adjacent to an activating group) is 1. The van der Waals surface area contributed by atoms with Crippen LogP contribution in [0.25, 0.3) is 0 Å². The number of carbonyl (C=O) groups excluding carboxylic acids is 1. The smallest absolute Gasteiger partial charge is 0.258 e. The SMILES string of the molecule is CC(C)c1cccc(OCC(=O)NCc2cccc(OCCN(C)C3CCOCC3)c2)c1. The number of benzene rings is 2. The normalized spacial score (nSPS) is 14.5. The summed E-state index contributed by atoms with van der Waals surface area (Å²) < 4.78 is 17.0. The molecule has 0 spiro atoms. The molecular formula is C26H36N2O4. The Hall–Kier alpha value is -2.57. The number of nitrogens with one attached hydrogen (secondary N) is 1. The number of carbonyl (C=O) groups is 1. The first-order valence-electron chi connectivity index (χ1n) is 11.5. The summed E-state index contributed by atoms with van der Waals surface area (Å²) in [7, 11) is 2.15. The Labute approximate surface area is 191 Å². The highest BCUT2D eigenvalue weighted by molar-refractivity contribution is 5.77. The summed E-state index contributed by atoms with van der Waals surface area (Å²) in [6, 6.07) is 16.3. The Kier molecular flexibility index (Phi) is 9.38. The molecule has 1 aliphatic rings. The second-order valence-electron chi connectivity index (χ2n) is 8.61. The van der Waals surface area contributed by atoms with Gasteiger partial charge in [-0.05, 0) is 61.2 Å². The van der Waals surface area contributed by atoms with Gasteiger partial charge in [-0.2, -0.15) is 0 Å². The summed E-state index contributed by atoms with van der Waals surface area (Å²) >= 11 is 0. The van der Waals surface area contributed by atoms with E-state index in [9.17, 15) is 4.79 Å². The highest BCUT2D eigenvalue weighted by Gasteiger charge is 2.18. The molecule has 2 aromatic rings. The van der Waals surface area contributed by atoms with Crippen LogP contribution < -0.4 is 14.8 Å². The highest BCUT2D eigenvalue weighted by Crippen LogP contribution is 2.20. The van der Waals surface area contributed by atoms with E-state index in [1.54, 1.807) is 0 Å². The lowest BCUT2D eigenvalue weighted by molar-refractivity contribution is -0.123. The molecule has 6 nitrogen and oxygen atoms in total. The van der Waals surface area contributed by atoms with Crippen molar-refractivity contribution >= 4 is 5.91 Å². The van der Waals surface area contributed by atoms with Crippen LogP contribution >= 0.6 is 0 Å². The Balaban J connectivity index is 1.38. The zero-order chi connectivity index (χ0) is 22.8. The second kappa shape index (κ2) is 12.5. The van der Waals surface area contributed by atoms with E-state index in [1.807, 2.05) is 42.5 Å². The molecule has 0 atom stereocenters. The zero-order valence-corrected chi connectivity index (χ0v) is 19.5. The van der Waals surface area contributed by atoms with Crippen molar-refractivity contribution in [3.8, 4) is 11.5 Å². The van der Waals surface area contributed by atoms with Gasteiger partial charge < -0.3 is 19.5 Å². The van der Waals surface area contributed by atoms with Gasteiger partial charge in [0.1, 0.15) is 18.1 Å². The average Bonchev–Trinajstić information content (AvgIpc) is 2.82. The Bertz CT molecular complexity index is 849. The number of hydrogen-bond acceptors (Lipinski definition) is 5. The molecular weight excluding hydrogens is 404 g/mol. The van der Waals surface area contributed by atoms with E-state index in [2.05, 4.69) is 37.2 Å². The molecule has 1 heterocycles. The van der Waals surface area contributed by atoms with Gasteiger partial charge in [0.25, 0.3) is 5.91 Å². The van der Waals surface area contributed by atoms with Crippen molar-refractivity contribution in [3.05, 3.63) is 59.7 Å². The zero-order valence-electron chi connectivity index (χ0n) is 19.5. The van der Waals surface area contributed by atoms with Gasteiger partial charge in [-0.15, -0.1) is 0 Å².